The fraction of sp³-hybridized carbons (Fsp3) is 0.176. The van der Waals surface area contributed by atoms with Gasteiger partial charge in [0, 0.05) is 5.02 Å². The number of carbonyl (C=O) groups is 2. The molecule has 6 heteroatoms. The molecule has 0 heterocycles. The first kappa shape index (κ1) is 16.8. The average Bonchev–Trinajstić information content (AvgIpc) is 2.58. The lowest BCUT2D eigenvalue weighted by Crippen LogP contribution is -2.16. The molecule has 0 atom stereocenters. The van der Waals surface area contributed by atoms with Gasteiger partial charge >= 0.3 is 11.9 Å². The minimum Gasteiger partial charge on any atom is -0.490 e. The lowest BCUT2D eigenvalue weighted by atomic mass is 10.1. The molecule has 0 spiro atoms. The molecule has 0 saturated carbocycles. The molecule has 2 rings (SSSR count). The lowest BCUT2D eigenvalue weighted by Gasteiger charge is -2.09. The highest BCUT2D eigenvalue weighted by molar-refractivity contribution is 6.30. The van der Waals surface area contributed by atoms with Crippen molar-refractivity contribution in [3.8, 4) is 5.75 Å². The first-order chi connectivity index (χ1) is 11.1. The number of ether oxygens (including phenoxy) is 3. The van der Waals surface area contributed by atoms with Crippen molar-refractivity contribution in [2.24, 2.45) is 0 Å². The summed E-state index contributed by atoms with van der Waals surface area (Å²) >= 11 is 5.84. The van der Waals surface area contributed by atoms with Crippen LogP contribution in [0, 0.1) is 0 Å². The molecule has 0 aliphatic rings. The number of carbonyl (C=O) groups excluding carboxylic acids is 2. The Morgan fingerprint density at radius 2 is 1.65 bits per heavy atom. The van der Waals surface area contributed by atoms with Crippen LogP contribution < -0.4 is 4.74 Å². The number of methoxy groups -OCH3 is 1. The molecule has 0 bridgehead atoms. The summed E-state index contributed by atoms with van der Waals surface area (Å²) in [4.78, 5) is 23.7. The summed E-state index contributed by atoms with van der Waals surface area (Å²) in [5, 5.41) is 0.562. The van der Waals surface area contributed by atoms with Crippen molar-refractivity contribution >= 4 is 23.5 Å². The predicted octanol–water partition coefficient (Wildman–Crippen LogP) is 3.36. The summed E-state index contributed by atoms with van der Waals surface area (Å²) in [6, 6.07) is 13.2. The Labute approximate surface area is 138 Å². The predicted molar refractivity (Wildman–Crippen MR) is 85.0 cm³/mol. The molecule has 5 nitrogen and oxygen atoms in total. The third-order valence-electron chi connectivity index (χ3n) is 2.93. The highest BCUT2D eigenvalue weighted by atomic mass is 35.5. The van der Waals surface area contributed by atoms with Crippen LogP contribution in [0.5, 0.6) is 5.75 Å². The monoisotopic (exact) mass is 334 g/mol. The molecule has 0 aromatic heterocycles. The van der Waals surface area contributed by atoms with E-state index in [0.717, 1.165) is 0 Å². The second kappa shape index (κ2) is 8.19. The standard InChI is InChI=1S/C17H15ClO5/c1-21-16(19)14-7-2-3-8-15(14)17(20)23-10-9-22-13-6-4-5-12(18)11-13/h2-8,11H,9-10H2,1H3. The van der Waals surface area contributed by atoms with Crippen LogP contribution in [0.25, 0.3) is 0 Å². The van der Waals surface area contributed by atoms with Crippen LogP contribution in [0.4, 0.5) is 0 Å². The van der Waals surface area contributed by atoms with Crippen LogP contribution >= 0.6 is 11.6 Å². The van der Waals surface area contributed by atoms with Crippen molar-refractivity contribution in [2.75, 3.05) is 20.3 Å². The van der Waals surface area contributed by atoms with Gasteiger partial charge in [-0.3, -0.25) is 0 Å². The Bertz CT molecular complexity index is 699. The van der Waals surface area contributed by atoms with E-state index >= 15 is 0 Å². The van der Waals surface area contributed by atoms with Crippen LogP contribution in [-0.4, -0.2) is 32.3 Å². The number of halogens is 1. The molecule has 0 aliphatic carbocycles. The fourth-order valence-corrected chi connectivity index (χ4v) is 2.06. The highest BCUT2D eigenvalue weighted by Crippen LogP contribution is 2.17. The summed E-state index contributed by atoms with van der Waals surface area (Å²) in [5.41, 5.74) is 0.317. The van der Waals surface area contributed by atoms with E-state index in [0.29, 0.717) is 10.8 Å². The van der Waals surface area contributed by atoms with E-state index in [-0.39, 0.29) is 24.3 Å². The molecule has 2 aromatic carbocycles. The summed E-state index contributed by atoms with van der Waals surface area (Å²) in [6.45, 7) is 0.216. The van der Waals surface area contributed by atoms with E-state index in [1.807, 2.05) is 0 Å². The number of hydrogen-bond donors (Lipinski definition) is 0. The number of benzene rings is 2. The maximum atomic E-state index is 12.0. The number of rotatable bonds is 6. The second-order valence-corrected chi connectivity index (χ2v) is 4.92. The van der Waals surface area contributed by atoms with Gasteiger partial charge in [-0.2, -0.15) is 0 Å². The average molecular weight is 335 g/mol. The zero-order valence-electron chi connectivity index (χ0n) is 12.5. The Balaban J connectivity index is 1.89. The van der Waals surface area contributed by atoms with Crippen LogP contribution in [0.2, 0.25) is 5.02 Å². The first-order valence-electron chi connectivity index (χ1n) is 6.84. The molecule has 0 saturated heterocycles. The SMILES string of the molecule is COC(=O)c1ccccc1C(=O)OCCOc1cccc(Cl)c1. The summed E-state index contributed by atoms with van der Waals surface area (Å²) < 4.78 is 15.2. The molecule has 120 valence electrons. The molecule has 0 radical (unpaired) electrons. The second-order valence-electron chi connectivity index (χ2n) is 4.48. The molecule has 0 aliphatic heterocycles. The van der Waals surface area contributed by atoms with Crippen molar-refractivity contribution in [3.05, 3.63) is 64.7 Å². The minimum absolute atomic E-state index is 0.0425. The van der Waals surface area contributed by atoms with Crippen LogP contribution in [0.15, 0.2) is 48.5 Å². The fourth-order valence-electron chi connectivity index (χ4n) is 1.88. The Morgan fingerprint density at radius 1 is 0.957 bits per heavy atom. The minimum atomic E-state index is -0.610. The van der Waals surface area contributed by atoms with E-state index < -0.39 is 11.9 Å². The first-order valence-corrected chi connectivity index (χ1v) is 7.22. The molecule has 2 aromatic rings. The van der Waals surface area contributed by atoms with Crippen LogP contribution in [0.1, 0.15) is 20.7 Å². The van der Waals surface area contributed by atoms with Crippen molar-refractivity contribution in [3.63, 3.8) is 0 Å². The summed E-state index contributed by atoms with van der Waals surface area (Å²) in [6.07, 6.45) is 0. The zero-order chi connectivity index (χ0) is 16.7. The normalized spacial score (nSPS) is 10.0. The smallest absolute Gasteiger partial charge is 0.339 e. The number of esters is 2. The van der Waals surface area contributed by atoms with E-state index in [2.05, 4.69) is 4.74 Å². The Morgan fingerprint density at radius 3 is 2.30 bits per heavy atom. The van der Waals surface area contributed by atoms with Crippen molar-refractivity contribution in [1.29, 1.82) is 0 Å². The van der Waals surface area contributed by atoms with Crippen LogP contribution in [0.3, 0.4) is 0 Å². The van der Waals surface area contributed by atoms with Crippen molar-refractivity contribution in [1.82, 2.24) is 0 Å². The van der Waals surface area contributed by atoms with Crippen molar-refractivity contribution < 1.29 is 23.8 Å². The van der Waals surface area contributed by atoms with Gasteiger partial charge in [0.2, 0.25) is 0 Å². The maximum Gasteiger partial charge on any atom is 0.339 e. The quantitative estimate of drug-likeness (QED) is 0.598. The molecular weight excluding hydrogens is 320 g/mol. The summed E-state index contributed by atoms with van der Waals surface area (Å²) in [7, 11) is 1.25. The molecule has 0 amide bonds. The largest absolute Gasteiger partial charge is 0.490 e. The van der Waals surface area contributed by atoms with Gasteiger partial charge in [-0.25, -0.2) is 9.59 Å². The van der Waals surface area contributed by atoms with Gasteiger partial charge in [0.05, 0.1) is 18.2 Å². The molecule has 0 N–H and O–H groups in total. The van der Waals surface area contributed by atoms with Gasteiger partial charge in [-0.15, -0.1) is 0 Å². The number of hydrogen-bond acceptors (Lipinski definition) is 5. The topological polar surface area (TPSA) is 61.8 Å². The third-order valence-corrected chi connectivity index (χ3v) is 3.17. The Kier molecular flexibility index (Phi) is 6.00. The van der Waals surface area contributed by atoms with Crippen molar-refractivity contribution in [2.45, 2.75) is 0 Å². The summed E-state index contributed by atoms with van der Waals surface area (Å²) in [5.74, 6) is -0.614. The molecule has 0 fully saturated rings. The van der Waals surface area contributed by atoms with E-state index in [1.54, 1.807) is 36.4 Å². The van der Waals surface area contributed by atoms with E-state index in [9.17, 15) is 9.59 Å². The maximum absolute atomic E-state index is 12.0. The van der Waals surface area contributed by atoms with Gasteiger partial charge in [-0.05, 0) is 30.3 Å². The van der Waals surface area contributed by atoms with E-state index in [4.69, 9.17) is 21.1 Å². The lowest BCUT2D eigenvalue weighted by molar-refractivity contribution is 0.0438. The zero-order valence-corrected chi connectivity index (χ0v) is 13.2. The van der Waals surface area contributed by atoms with Gasteiger partial charge in [-0.1, -0.05) is 29.8 Å². The molecular formula is C17H15ClO5. The third kappa shape index (κ3) is 4.72. The van der Waals surface area contributed by atoms with Gasteiger partial charge in [0.1, 0.15) is 19.0 Å². The molecule has 0 unspecified atom stereocenters. The molecule has 23 heavy (non-hydrogen) atoms. The van der Waals surface area contributed by atoms with Crippen LogP contribution in [-0.2, 0) is 9.47 Å². The van der Waals surface area contributed by atoms with E-state index in [1.165, 1.54) is 19.2 Å². The van der Waals surface area contributed by atoms with Gasteiger partial charge < -0.3 is 14.2 Å². The highest BCUT2D eigenvalue weighted by Gasteiger charge is 2.17. The van der Waals surface area contributed by atoms with Gasteiger partial charge in [0.25, 0.3) is 0 Å². The Hall–Kier alpha value is -2.53. The van der Waals surface area contributed by atoms with Gasteiger partial charge in [0.15, 0.2) is 0 Å².